The van der Waals surface area contributed by atoms with Gasteiger partial charge in [-0.1, -0.05) is 388 Å². The smallest absolute Gasteiger partial charge is 0.252 e. The highest BCUT2D eigenvalue weighted by molar-refractivity contribution is 7.21. The van der Waals surface area contributed by atoms with Crippen molar-refractivity contribution in [2.75, 3.05) is 9.80 Å². The molecule has 2 aliphatic rings. The van der Waals surface area contributed by atoms with Crippen molar-refractivity contribution in [1.82, 2.24) is 4.57 Å². The van der Waals surface area contributed by atoms with Crippen molar-refractivity contribution in [2.24, 2.45) is 0 Å². The van der Waals surface area contributed by atoms with Crippen molar-refractivity contribution in [2.45, 2.75) is 0 Å². The summed E-state index contributed by atoms with van der Waals surface area (Å²) in [5, 5.41) is 18.4. The van der Waals surface area contributed by atoms with E-state index in [0.717, 1.165) is 56.4 Å². The molecule has 0 aliphatic carbocycles. The Kier molecular flexibility index (Phi) is 16.4. The van der Waals surface area contributed by atoms with Gasteiger partial charge in [0, 0.05) is 44.9 Å². The number of hydrogen-bond acceptors (Lipinski definition) is 2. The lowest BCUT2D eigenvalue weighted by Crippen LogP contribution is -2.76. The predicted octanol–water partition coefficient (Wildman–Crippen LogP) is 14.7. The van der Waals surface area contributed by atoms with Gasteiger partial charge in [0.25, 0.3) is 6.71 Å². The van der Waals surface area contributed by atoms with Crippen LogP contribution in [0.1, 0.15) is 0 Å². The van der Waals surface area contributed by atoms with Gasteiger partial charge in [0.1, 0.15) is 0 Å². The first-order valence-corrected chi connectivity index (χ1v) is 43.9. The summed E-state index contributed by atoms with van der Waals surface area (Å²) >= 11 is 0. The number of benzene rings is 17. The zero-order chi connectivity index (χ0) is 72.3. The summed E-state index contributed by atoms with van der Waals surface area (Å²) in [6, 6.07) is 171. The molecule has 0 amide bonds. The van der Waals surface area contributed by atoms with Crippen LogP contribution in [-0.4, -0.2) is 35.5 Å². The number of aromatic nitrogens is 1. The molecule has 20 rings (SSSR count). The highest BCUT2D eigenvalue weighted by Crippen LogP contribution is 2.47. The zero-order valence-corrected chi connectivity index (χ0v) is 63.1. The van der Waals surface area contributed by atoms with E-state index in [1.165, 1.54) is 95.0 Å². The van der Waals surface area contributed by atoms with Crippen LogP contribution in [0.5, 0.6) is 0 Å². The SMILES string of the molecule is c1ccc(-c2ccc(N3c4ccc([Si](c5ccccc5)(c5ccccc5)c5ccccc5)cc4B4c5cc([Si](c6ccccc6)(c6ccccc6)c6ccccc6)ccc5N(c5ccc([Si](c6ccccc6)(c6ccccc6)c6ccccc6)cc5)c5cc(-n6c7ccccc7c7ccccc76)cc3c54)cc2)cc1. The number of nitrogens with zero attached hydrogens (tertiary/aromatic N) is 3. The lowest BCUT2D eigenvalue weighted by Gasteiger charge is -2.46. The van der Waals surface area contributed by atoms with E-state index in [1.807, 2.05) is 0 Å². The second-order valence-electron chi connectivity index (χ2n) is 28.9. The Balaban J connectivity index is 0.938. The average Bonchev–Trinajstić information content (AvgIpc) is 1.22. The molecule has 512 valence electrons. The molecule has 0 atom stereocenters. The summed E-state index contributed by atoms with van der Waals surface area (Å²) in [5.74, 6) is 0. The fourth-order valence-corrected chi connectivity index (χ4v) is 33.1. The molecule has 17 aromatic carbocycles. The largest absolute Gasteiger partial charge is 0.311 e. The Morgan fingerprint density at radius 2 is 0.431 bits per heavy atom. The molecule has 0 radical (unpaired) electrons. The van der Waals surface area contributed by atoms with E-state index in [0.29, 0.717) is 0 Å². The Bertz CT molecular complexity index is 5980. The molecule has 0 saturated heterocycles. The quantitative estimate of drug-likeness (QED) is 0.0706. The maximum absolute atomic E-state index is 3.20. The number of anilines is 6. The van der Waals surface area contributed by atoms with Crippen LogP contribution in [0.3, 0.4) is 0 Å². The minimum absolute atomic E-state index is 0.296. The molecule has 2 aliphatic heterocycles. The predicted molar refractivity (Wildman–Crippen MR) is 471 cm³/mol. The van der Waals surface area contributed by atoms with E-state index in [-0.39, 0.29) is 6.71 Å². The van der Waals surface area contributed by atoms with Crippen LogP contribution in [0.25, 0.3) is 38.6 Å². The van der Waals surface area contributed by atoms with Crippen LogP contribution in [0, 0.1) is 0 Å². The van der Waals surface area contributed by atoms with Gasteiger partial charge >= 0.3 is 0 Å². The van der Waals surface area contributed by atoms with E-state index >= 15 is 0 Å². The van der Waals surface area contributed by atoms with Gasteiger partial charge in [0.05, 0.1) is 16.7 Å². The fourth-order valence-electron chi connectivity index (χ4n) is 18.8. The van der Waals surface area contributed by atoms with Crippen molar-refractivity contribution >= 4 is 165 Å². The van der Waals surface area contributed by atoms with E-state index in [9.17, 15) is 0 Å². The van der Waals surface area contributed by atoms with Crippen LogP contribution in [-0.2, 0) is 0 Å². The van der Waals surface area contributed by atoms with Crippen molar-refractivity contribution in [3.05, 3.63) is 449 Å². The van der Waals surface area contributed by atoms with Gasteiger partial charge in [0.15, 0.2) is 24.2 Å². The molecule has 3 nitrogen and oxygen atoms in total. The van der Waals surface area contributed by atoms with Crippen molar-refractivity contribution in [3.63, 3.8) is 0 Å². The molecule has 1 aromatic heterocycles. The molecule has 109 heavy (non-hydrogen) atoms. The number of fused-ring (bicyclic) bond motifs is 7. The van der Waals surface area contributed by atoms with Gasteiger partial charge in [-0.2, -0.15) is 0 Å². The molecule has 0 unspecified atom stereocenters. The van der Waals surface area contributed by atoms with Crippen molar-refractivity contribution in [1.29, 1.82) is 0 Å². The summed E-state index contributed by atoms with van der Waals surface area (Å²) in [4.78, 5) is 5.29. The highest BCUT2D eigenvalue weighted by atomic mass is 28.3. The molecule has 0 saturated carbocycles. The fraction of sp³-hybridized carbons (Fsp3) is 0. The Morgan fingerprint density at radius 1 is 0.183 bits per heavy atom. The van der Waals surface area contributed by atoms with E-state index < -0.39 is 24.2 Å². The third-order valence-corrected chi connectivity index (χ3v) is 37.8. The van der Waals surface area contributed by atoms with E-state index in [1.54, 1.807) is 0 Å². The van der Waals surface area contributed by atoms with Gasteiger partial charge in [-0.15, -0.1) is 0 Å². The molecule has 0 N–H and O–H groups in total. The number of rotatable bonds is 16. The maximum atomic E-state index is 2.70. The molecule has 0 bridgehead atoms. The number of para-hydroxylation sites is 2. The monoisotopic (exact) mass is 1440 g/mol. The normalized spacial score (nSPS) is 12.5. The summed E-state index contributed by atoms with van der Waals surface area (Å²) in [7, 11) is -9.36. The third kappa shape index (κ3) is 10.5. The summed E-state index contributed by atoms with van der Waals surface area (Å²) in [6.45, 7) is -0.296. The maximum Gasteiger partial charge on any atom is 0.252 e. The van der Waals surface area contributed by atoms with E-state index in [4.69, 9.17) is 0 Å². The van der Waals surface area contributed by atoms with Gasteiger partial charge in [-0.3, -0.25) is 0 Å². The average molecular weight is 1440 g/mol. The minimum atomic E-state index is -3.20. The number of hydrogen-bond donors (Lipinski definition) is 0. The van der Waals surface area contributed by atoms with Crippen molar-refractivity contribution in [3.8, 4) is 16.8 Å². The molecule has 0 fully saturated rings. The lowest BCUT2D eigenvalue weighted by atomic mass is 9.33. The highest BCUT2D eigenvalue weighted by Gasteiger charge is 2.50. The van der Waals surface area contributed by atoms with Gasteiger partial charge in [-0.25, -0.2) is 0 Å². The Hall–Kier alpha value is -13.1. The zero-order valence-electron chi connectivity index (χ0n) is 60.1. The first kappa shape index (κ1) is 65.4. The molecule has 7 heteroatoms. The van der Waals surface area contributed by atoms with Crippen LogP contribution in [0.15, 0.2) is 449 Å². The van der Waals surface area contributed by atoms with Crippen LogP contribution in [0.4, 0.5) is 34.1 Å². The second-order valence-corrected chi connectivity index (χ2v) is 40.4. The van der Waals surface area contributed by atoms with Gasteiger partial charge in [-0.05, 0) is 150 Å². The second kappa shape index (κ2) is 27.3. The standard InChI is InChI=1S/C102H74BN3Si3/c1-11-35-75(36-12-1)76-59-61-77(62-60-76)104-98-69-67-90(108(83-43-19-5-20-44-83,84-45-21-6-22-46-84)85-47-23-7-24-48-85)73-94(98)103-95-74-91(109(86-49-25-8-26-50-86,87-51-27-9-28-52-87)88-53-29-10-30-54-88)68-70-99(95)105(101-72-79(71-100(104)102(101)103)106-96-57-33-31-55-92(96)93-56-32-34-58-97(93)106)78-63-65-89(66-64-78)107(80-37-13-2-14-38-80,81-39-15-3-16-40-81)82-41-17-4-18-42-82/h1-74H. The first-order valence-electron chi connectivity index (χ1n) is 37.9. The van der Waals surface area contributed by atoms with Gasteiger partial charge < -0.3 is 14.4 Å². The van der Waals surface area contributed by atoms with Gasteiger partial charge in [0.2, 0.25) is 0 Å². The van der Waals surface area contributed by atoms with Crippen LogP contribution in [0.2, 0.25) is 0 Å². The van der Waals surface area contributed by atoms with E-state index in [2.05, 4.69) is 463 Å². The minimum Gasteiger partial charge on any atom is -0.311 e. The topological polar surface area (TPSA) is 11.4 Å². The molecule has 3 heterocycles. The molecule has 0 spiro atoms. The third-order valence-electron chi connectivity index (χ3n) is 23.4. The lowest BCUT2D eigenvalue weighted by molar-refractivity contribution is 1.16. The Labute approximate surface area is 641 Å². The van der Waals surface area contributed by atoms with Crippen molar-refractivity contribution < 1.29 is 0 Å². The molecular formula is C102H74BN3Si3. The first-order chi connectivity index (χ1) is 54.1. The summed E-state index contributed by atoms with van der Waals surface area (Å²) in [5.41, 5.74) is 16.2. The molecular weight excluding hydrogens is 1360 g/mol. The van der Waals surface area contributed by atoms with Crippen LogP contribution >= 0.6 is 0 Å². The Morgan fingerprint density at radius 3 is 0.752 bits per heavy atom. The molecule has 18 aromatic rings. The summed E-state index contributed by atoms with van der Waals surface area (Å²) < 4.78 is 2.53. The van der Waals surface area contributed by atoms with Crippen LogP contribution < -0.4 is 88.4 Å². The summed E-state index contributed by atoms with van der Waals surface area (Å²) in [6.07, 6.45) is 0.